The third-order valence-corrected chi connectivity index (χ3v) is 5.28. The molecule has 148 valence electrons. The summed E-state index contributed by atoms with van der Waals surface area (Å²) in [4.78, 5) is 0. The van der Waals surface area contributed by atoms with E-state index in [4.69, 9.17) is 0 Å². The molecule has 0 radical (unpaired) electrons. The molecule has 0 unspecified atom stereocenters. The highest BCUT2D eigenvalue weighted by Crippen LogP contribution is 2.14. The van der Waals surface area contributed by atoms with Gasteiger partial charge in [0, 0.05) is 0 Å². The number of unbranched alkanes of at least 4 members (excludes halogenated alkanes) is 10. The summed E-state index contributed by atoms with van der Waals surface area (Å²) < 4.78 is 4.96. The Morgan fingerprint density at radius 2 is 1.31 bits per heavy atom. The summed E-state index contributed by atoms with van der Waals surface area (Å²) in [5.74, 6) is 0. The van der Waals surface area contributed by atoms with Gasteiger partial charge in [-0.25, -0.2) is 9.13 Å². The fourth-order valence-electron chi connectivity index (χ4n) is 3.72. The van der Waals surface area contributed by atoms with Crippen LogP contribution in [0.1, 0.15) is 90.9 Å². The number of aromatic nitrogens is 2. The second-order valence-electron chi connectivity index (χ2n) is 7.53. The molecule has 3 heteroatoms. The number of halogens is 1. The number of hydrogen-bond acceptors (Lipinski definition) is 0. The standard InChI is InChI=1S/C23H39N2.BrH/c1-3-5-7-9-11-15-19-24-21-25(20-16-12-10-8-6-4-2)23-18-14-13-17-22(23)24;/h13-14,17-18,21H,3-12,15-16,19-20H2,1-2H3;1H/q+1;/p-1. The van der Waals surface area contributed by atoms with Crippen molar-refractivity contribution < 1.29 is 21.5 Å². The molecule has 0 N–H and O–H groups in total. The van der Waals surface area contributed by atoms with Gasteiger partial charge >= 0.3 is 0 Å². The van der Waals surface area contributed by atoms with E-state index in [0.717, 1.165) is 13.1 Å². The van der Waals surface area contributed by atoms with Gasteiger partial charge in [-0.05, 0) is 37.8 Å². The van der Waals surface area contributed by atoms with Gasteiger partial charge in [0.1, 0.15) is 0 Å². The first-order valence-electron chi connectivity index (χ1n) is 10.8. The largest absolute Gasteiger partial charge is 1.00 e. The van der Waals surface area contributed by atoms with Gasteiger partial charge in [0.15, 0.2) is 11.0 Å². The molecule has 0 fully saturated rings. The number of imidazole rings is 1. The average Bonchev–Trinajstić information content (AvgIpc) is 2.99. The van der Waals surface area contributed by atoms with Gasteiger partial charge in [-0.2, -0.15) is 0 Å². The van der Waals surface area contributed by atoms with Crippen molar-refractivity contribution >= 4 is 11.0 Å². The van der Waals surface area contributed by atoms with E-state index in [1.165, 1.54) is 88.1 Å². The Bertz CT molecular complexity index is 541. The molecular weight excluding hydrogens is 384 g/mol. The lowest BCUT2D eigenvalue weighted by Crippen LogP contribution is -3.00. The Hall–Kier alpha value is -0.830. The van der Waals surface area contributed by atoms with Gasteiger partial charge in [-0.15, -0.1) is 0 Å². The van der Waals surface area contributed by atoms with Gasteiger partial charge < -0.3 is 17.0 Å². The number of fused-ring (bicyclic) bond motifs is 1. The van der Waals surface area contributed by atoms with E-state index in [1.54, 1.807) is 0 Å². The molecular formula is C23H39BrN2. The molecule has 0 saturated carbocycles. The van der Waals surface area contributed by atoms with E-state index in [0.29, 0.717) is 0 Å². The number of para-hydroxylation sites is 2. The van der Waals surface area contributed by atoms with Crippen LogP contribution in [0.2, 0.25) is 0 Å². The summed E-state index contributed by atoms with van der Waals surface area (Å²) in [6.07, 6.45) is 18.8. The number of aryl methyl sites for hydroxylation is 2. The maximum Gasteiger partial charge on any atom is 0.244 e. The zero-order valence-corrected chi connectivity index (χ0v) is 18.6. The Labute approximate surface area is 171 Å². The lowest BCUT2D eigenvalue weighted by molar-refractivity contribution is -0.672. The molecule has 0 bridgehead atoms. The van der Waals surface area contributed by atoms with E-state index in [-0.39, 0.29) is 17.0 Å². The van der Waals surface area contributed by atoms with Crippen molar-refractivity contribution in [2.45, 2.75) is 104 Å². The van der Waals surface area contributed by atoms with Gasteiger partial charge in [-0.3, -0.25) is 0 Å². The van der Waals surface area contributed by atoms with Crippen LogP contribution in [-0.4, -0.2) is 4.57 Å². The highest BCUT2D eigenvalue weighted by atomic mass is 79.9. The van der Waals surface area contributed by atoms with Crippen LogP contribution in [0, 0.1) is 0 Å². The van der Waals surface area contributed by atoms with Crippen LogP contribution in [0.25, 0.3) is 11.0 Å². The third kappa shape index (κ3) is 7.82. The molecule has 1 aromatic heterocycles. The number of benzene rings is 1. The summed E-state index contributed by atoms with van der Waals surface area (Å²) in [6, 6.07) is 8.92. The predicted molar refractivity (Wildman–Crippen MR) is 109 cm³/mol. The Kier molecular flexibility index (Phi) is 12.7. The Balaban J connectivity index is 0.00000338. The molecule has 26 heavy (non-hydrogen) atoms. The van der Waals surface area contributed by atoms with Crippen molar-refractivity contribution in [3.8, 4) is 0 Å². The van der Waals surface area contributed by atoms with E-state index in [9.17, 15) is 0 Å². The molecule has 0 saturated heterocycles. The van der Waals surface area contributed by atoms with Crippen molar-refractivity contribution in [1.82, 2.24) is 4.57 Å². The van der Waals surface area contributed by atoms with Crippen molar-refractivity contribution in [2.24, 2.45) is 0 Å². The minimum atomic E-state index is 0. The maximum atomic E-state index is 2.48. The molecule has 1 aromatic carbocycles. The number of nitrogens with zero attached hydrogens (tertiary/aromatic N) is 2. The molecule has 2 nitrogen and oxygen atoms in total. The molecule has 0 atom stereocenters. The third-order valence-electron chi connectivity index (χ3n) is 5.28. The maximum absolute atomic E-state index is 2.48. The van der Waals surface area contributed by atoms with Crippen LogP contribution in [0.5, 0.6) is 0 Å². The van der Waals surface area contributed by atoms with Gasteiger partial charge in [0.25, 0.3) is 0 Å². The monoisotopic (exact) mass is 422 g/mol. The van der Waals surface area contributed by atoms with E-state index < -0.39 is 0 Å². The molecule has 0 spiro atoms. The van der Waals surface area contributed by atoms with E-state index in [2.05, 4.69) is 53.6 Å². The summed E-state index contributed by atoms with van der Waals surface area (Å²) in [5, 5.41) is 0. The summed E-state index contributed by atoms with van der Waals surface area (Å²) >= 11 is 0. The normalized spacial score (nSPS) is 11.0. The van der Waals surface area contributed by atoms with Crippen molar-refractivity contribution in [2.75, 3.05) is 0 Å². The molecule has 0 aliphatic carbocycles. The number of hydrogen-bond donors (Lipinski definition) is 0. The van der Waals surface area contributed by atoms with Crippen LogP contribution in [0.15, 0.2) is 30.6 Å². The average molecular weight is 423 g/mol. The number of rotatable bonds is 14. The summed E-state index contributed by atoms with van der Waals surface area (Å²) in [5.41, 5.74) is 2.81. The first kappa shape index (κ1) is 23.2. The second-order valence-corrected chi connectivity index (χ2v) is 7.53. The predicted octanol–water partition coefficient (Wildman–Crippen LogP) is 3.65. The second kappa shape index (κ2) is 14.3. The van der Waals surface area contributed by atoms with E-state index >= 15 is 0 Å². The fourth-order valence-corrected chi connectivity index (χ4v) is 3.72. The van der Waals surface area contributed by atoms with Crippen molar-refractivity contribution in [3.63, 3.8) is 0 Å². The minimum absolute atomic E-state index is 0. The minimum Gasteiger partial charge on any atom is -1.00 e. The molecule has 0 aliphatic rings. The quantitative estimate of drug-likeness (QED) is 0.324. The summed E-state index contributed by atoms with van der Waals surface area (Å²) in [7, 11) is 0. The first-order chi connectivity index (χ1) is 12.4. The van der Waals surface area contributed by atoms with Crippen LogP contribution in [-0.2, 0) is 13.1 Å². The van der Waals surface area contributed by atoms with Gasteiger partial charge in [0.2, 0.25) is 6.33 Å². The molecule has 1 heterocycles. The van der Waals surface area contributed by atoms with Crippen molar-refractivity contribution in [3.05, 3.63) is 30.6 Å². The van der Waals surface area contributed by atoms with Gasteiger partial charge in [-0.1, -0.05) is 77.3 Å². The Morgan fingerprint density at radius 3 is 2.00 bits per heavy atom. The Morgan fingerprint density at radius 1 is 0.731 bits per heavy atom. The highest BCUT2D eigenvalue weighted by molar-refractivity contribution is 5.71. The zero-order valence-electron chi connectivity index (χ0n) is 17.1. The zero-order chi connectivity index (χ0) is 17.7. The molecule has 0 aliphatic heterocycles. The van der Waals surface area contributed by atoms with E-state index in [1.807, 2.05) is 0 Å². The smallest absolute Gasteiger partial charge is 0.244 e. The lowest BCUT2D eigenvalue weighted by atomic mass is 10.1. The fraction of sp³-hybridized carbons (Fsp3) is 0.696. The first-order valence-corrected chi connectivity index (χ1v) is 10.8. The molecule has 0 amide bonds. The van der Waals surface area contributed by atoms with Gasteiger partial charge in [0.05, 0.1) is 13.1 Å². The van der Waals surface area contributed by atoms with Crippen LogP contribution in [0.4, 0.5) is 0 Å². The van der Waals surface area contributed by atoms with Crippen molar-refractivity contribution in [1.29, 1.82) is 0 Å². The highest BCUT2D eigenvalue weighted by Gasteiger charge is 2.14. The topological polar surface area (TPSA) is 8.81 Å². The lowest BCUT2D eigenvalue weighted by Gasteiger charge is -2.00. The SMILES string of the molecule is CCCCCCCCn1c[n+](CCCCCCCC)c2ccccc21.[Br-]. The summed E-state index contributed by atoms with van der Waals surface area (Å²) in [6.45, 7) is 6.90. The van der Waals surface area contributed by atoms with Crippen LogP contribution < -0.4 is 21.5 Å². The molecule has 2 aromatic rings. The van der Waals surface area contributed by atoms with Crippen LogP contribution >= 0.6 is 0 Å². The molecule has 2 rings (SSSR count). The van der Waals surface area contributed by atoms with Crippen LogP contribution in [0.3, 0.4) is 0 Å².